The van der Waals surface area contributed by atoms with Gasteiger partial charge in [-0.15, -0.1) is 0 Å². The lowest BCUT2D eigenvalue weighted by molar-refractivity contribution is 0.0653. The Morgan fingerprint density at radius 2 is 1.67 bits per heavy atom. The maximum Gasteiger partial charge on any atom is 0.280 e. The summed E-state index contributed by atoms with van der Waals surface area (Å²) in [5.74, 6) is -0.135. The van der Waals surface area contributed by atoms with Gasteiger partial charge in [-0.05, 0) is 12.8 Å². The van der Waals surface area contributed by atoms with Crippen molar-refractivity contribution in [3.8, 4) is 11.3 Å². The number of benzene rings is 2. The Hall–Kier alpha value is -4.20. The van der Waals surface area contributed by atoms with Crippen LogP contribution < -0.4 is 5.56 Å². The molecule has 2 aliphatic rings. The minimum atomic E-state index is -0.271. The van der Waals surface area contributed by atoms with Crippen molar-refractivity contribution in [1.82, 2.24) is 19.1 Å². The minimum absolute atomic E-state index is 0.122. The number of oxime groups is 1. The first-order valence-electron chi connectivity index (χ1n) is 12.4. The molecule has 8 nitrogen and oxygen atoms in total. The smallest absolute Gasteiger partial charge is 0.280 e. The molecular weight excluding hydrogens is 454 g/mol. The highest BCUT2D eigenvalue weighted by Crippen LogP contribution is 2.31. The number of fused-ring (bicyclic) bond motifs is 2. The van der Waals surface area contributed by atoms with E-state index in [1.807, 2.05) is 71.6 Å². The standard InChI is InChI=1S/C28H27N5O3/c34-27-22-17-31(21-14-8-3-9-15-21)28(35)26(22)32(18-24(30-36)20-12-6-2-7-13-20)25-16-23(29-33(25)27)19-10-4-1-5-11-19/h1-2,4-7,10-13,16,21,36H,3,8-9,14-15,17-18H2/b30-24-. The molecule has 1 amide bonds. The zero-order valence-electron chi connectivity index (χ0n) is 19.9. The number of carbonyl (C=O) groups excluding carboxylic acids is 1. The minimum Gasteiger partial charge on any atom is -0.411 e. The van der Waals surface area contributed by atoms with Crippen LogP contribution in [0.4, 0.5) is 0 Å². The second-order valence-corrected chi connectivity index (χ2v) is 9.52. The largest absolute Gasteiger partial charge is 0.411 e. The number of carbonyl (C=O) groups is 1. The van der Waals surface area contributed by atoms with Gasteiger partial charge in [-0.3, -0.25) is 9.59 Å². The topological polar surface area (TPSA) is 92.2 Å². The lowest BCUT2D eigenvalue weighted by Crippen LogP contribution is -2.37. The van der Waals surface area contributed by atoms with E-state index in [-0.39, 0.29) is 30.6 Å². The van der Waals surface area contributed by atoms with E-state index < -0.39 is 0 Å². The van der Waals surface area contributed by atoms with Gasteiger partial charge in [-0.2, -0.15) is 9.61 Å². The number of hydrogen-bond donors (Lipinski definition) is 1. The average Bonchev–Trinajstić information content (AvgIpc) is 3.53. The molecular formula is C28H27N5O3. The molecule has 4 aromatic rings. The fourth-order valence-electron chi connectivity index (χ4n) is 5.54. The van der Waals surface area contributed by atoms with Gasteiger partial charge in [0.15, 0.2) is 0 Å². The van der Waals surface area contributed by atoms with Crippen LogP contribution in [0.15, 0.2) is 76.7 Å². The van der Waals surface area contributed by atoms with Gasteiger partial charge in [-0.25, -0.2) is 0 Å². The summed E-state index contributed by atoms with van der Waals surface area (Å²) in [4.78, 5) is 29.3. The van der Waals surface area contributed by atoms with Crippen LogP contribution in [0.25, 0.3) is 16.9 Å². The summed E-state index contributed by atoms with van der Waals surface area (Å²) in [5.41, 5.74) is 3.70. The van der Waals surface area contributed by atoms with Crippen LogP contribution in [-0.2, 0) is 13.1 Å². The summed E-state index contributed by atoms with van der Waals surface area (Å²) in [6, 6.07) is 20.9. The van der Waals surface area contributed by atoms with Crippen LogP contribution in [0.1, 0.15) is 53.7 Å². The second-order valence-electron chi connectivity index (χ2n) is 9.52. The third-order valence-corrected chi connectivity index (χ3v) is 7.39. The van der Waals surface area contributed by atoms with Crippen LogP contribution in [-0.4, -0.2) is 41.9 Å². The molecule has 0 bridgehead atoms. The molecule has 36 heavy (non-hydrogen) atoms. The Balaban J connectivity index is 1.53. The van der Waals surface area contributed by atoms with Gasteiger partial charge in [-0.1, -0.05) is 85.1 Å². The summed E-state index contributed by atoms with van der Waals surface area (Å²) in [6.45, 7) is 0.405. The molecule has 1 aliphatic carbocycles. The first kappa shape index (κ1) is 22.3. The predicted octanol–water partition coefficient (Wildman–Crippen LogP) is 4.33. The molecule has 0 radical (unpaired) electrons. The van der Waals surface area contributed by atoms with Gasteiger partial charge < -0.3 is 14.7 Å². The van der Waals surface area contributed by atoms with Crippen molar-refractivity contribution in [2.75, 3.05) is 0 Å². The number of hydrogen-bond acceptors (Lipinski definition) is 5. The van der Waals surface area contributed by atoms with E-state index in [0.717, 1.165) is 36.8 Å². The third-order valence-electron chi connectivity index (χ3n) is 7.39. The molecule has 2 aromatic carbocycles. The number of nitrogens with zero attached hydrogens (tertiary/aromatic N) is 5. The summed E-state index contributed by atoms with van der Waals surface area (Å²) in [6.07, 6.45) is 5.27. The van der Waals surface area contributed by atoms with E-state index in [9.17, 15) is 14.8 Å². The molecule has 2 aromatic heterocycles. The highest BCUT2D eigenvalue weighted by atomic mass is 16.4. The number of aromatic nitrogens is 3. The summed E-state index contributed by atoms with van der Waals surface area (Å²) in [7, 11) is 0. The van der Waals surface area contributed by atoms with Crippen LogP contribution in [0, 0.1) is 0 Å². The van der Waals surface area contributed by atoms with Crippen LogP contribution >= 0.6 is 0 Å². The first-order chi connectivity index (χ1) is 17.7. The third kappa shape index (κ3) is 3.69. The molecule has 1 saturated carbocycles. The van der Waals surface area contributed by atoms with Gasteiger partial charge in [0.2, 0.25) is 0 Å². The van der Waals surface area contributed by atoms with Crippen molar-refractivity contribution in [3.05, 3.63) is 93.9 Å². The Kier molecular flexibility index (Phi) is 5.64. The van der Waals surface area contributed by atoms with E-state index in [0.29, 0.717) is 28.3 Å². The van der Waals surface area contributed by atoms with E-state index in [1.54, 1.807) is 4.57 Å². The molecule has 1 aliphatic heterocycles. The molecule has 6 rings (SSSR count). The Morgan fingerprint density at radius 1 is 0.972 bits per heavy atom. The van der Waals surface area contributed by atoms with Crippen molar-refractivity contribution < 1.29 is 10.0 Å². The molecule has 0 atom stereocenters. The summed E-state index contributed by atoms with van der Waals surface area (Å²) in [5, 5.41) is 18.1. The lowest BCUT2D eigenvalue weighted by atomic mass is 9.94. The van der Waals surface area contributed by atoms with Crippen LogP contribution in [0.5, 0.6) is 0 Å². The fraction of sp³-hybridized carbons (Fsp3) is 0.286. The first-order valence-corrected chi connectivity index (χ1v) is 12.4. The van der Waals surface area contributed by atoms with Crippen LogP contribution in [0.2, 0.25) is 0 Å². The van der Waals surface area contributed by atoms with Crippen molar-refractivity contribution in [3.63, 3.8) is 0 Å². The maximum atomic E-state index is 13.8. The van der Waals surface area contributed by atoms with Gasteiger partial charge in [0, 0.05) is 23.2 Å². The quantitative estimate of drug-likeness (QED) is 0.261. The van der Waals surface area contributed by atoms with E-state index in [1.165, 1.54) is 10.9 Å². The van der Waals surface area contributed by atoms with Gasteiger partial charge in [0.1, 0.15) is 17.1 Å². The SMILES string of the molecule is O=C1c2c(c(=O)n3nc(-c4ccccc4)cc3n2C/C(=N/O)c2ccccc2)CN1C1CCCCC1. The fourth-order valence-corrected chi connectivity index (χ4v) is 5.54. The summed E-state index contributed by atoms with van der Waals surface area (Å²) >= 11 is 0. The lowest BCUT2D eigenvalue weighted by Gasteiger charge is -2.30. The van der Waals surface area contributed by atoms with Crippen LogP contribution in [0.3, 0.4) is 0 Å². The Bertz CT molecular complexity index is 1520. The van der Waals surface area contributed by atoms with Crippen molar-refractivity contribution in [1.29, 1.82) is 0 Å². The molecule has 8 heteroatoms. The molecule has 0 unspecified atom stereocenters. The van der Waals surface area contributed by atoms with Crippen molar-refractivity contribution >= 4 is 17.3 Å². The number of rotatable bonds is 5. The van der Waals surface area contributed by atoms with E-state index in [4.69, 9.17) is 0 Å². The molecule has 0 saturated heterocycles. The zero-order chi connectivity index (χ0) is 24.6. The average molecular weight is 482 g/mol. The van der Waals surface area contributed by atoms with Gasteiger partial charge in [0.05, 0.1) is 24.3 Å². The predicted molar refractivity (Wildman–Crippen MR) is 136 cm³/mol. The highest BCUT2D eigenvalue weighted by Gasteiger charge is 2.38. The van der Waals surface area contributed by atoms with Gasteiger partial charge >= 0.3 is 0 Å². The second kappa shape index (κ2) is 9.11. The normalized spacial score (nSPS) is 16.6. The van der Waals surface area contributed by atoms with Gasteiger partial charge in [0.25, 0.3) is 11.5 Å². The molecule has 3 heterocycles. The monoisotopic (exact) mass is 481 g/mol. The molecule has 0 spiro atoms. The summed E-state index contributed by atoms with van der Waals surface area (Å²) < 4.78 is 3.18. The molecule has 1 N–H and O–H groups in total. The van der Waals surface area contributed by atoms with E-state index in [2.05, 4.69) is 10.3 Å². The van der Waals surface area contributed by atoms with Crippen molar-refractivity contribution in [2.45, 2.75) is 51.2 Å². The van der Waals surface area contributed by atoms with E-state index >= 15 is 0 Å². The maximum absolute atomic E-state index is 13.8. The Labute approximate surface area is 208 Å². The Morgan fingerprint density at radius 3 is 2.36 bits per heavy atom. The molecule has 182 valence electrons. The number of amides is 1. The highest BCUT2D eigenvalue weighted by molar-refractivity contribution is 6.02. The van der Waals surface area contributed by atoms with Crippen molar-refractivity contribution in [2.24, 2.45) is 5.16 Å². The molecule has 1 fully saturated rings. The zero-order valence-corrected chi connectivity index (χ0v) is 19.9.